The molecule has 1 fully saturated rings. The zero-order chi connectivity index (χ0) is 23.7. The van der Waals surface area contributed by atoms with Crippen molar-refractivity contribution in [2.45, 2.75) is 0 Å². The van der Waals surface area contributed by atoms with E-state index in [0.29, 0.717) is 60.2 Å². The number of anilines is 2. The van der Waals surface area contributed by atoms with Gasteiger partial charge < -0.3 is 19.4 Å². The minimum absolute atomic E-state index is 0.117. The monoisotopic (exact) mass is 523 g/mol. The van der Waals surface area contributed by atoms with Crippen LogP contribution in [0.5, 0.6) is 0 Å². The van der Waals surface area contributed by atoms with Crippen LogP contribution in [-0.2, 0) is 4.74 Å². The molecule has 172 valence electrons. The number of morpholine rings is 1. The van der Waals surface area contributed by atoms with Crippen molar-refractivity contribution in [3.05, 3.63) is 75.0 Å². The number of nitrogens with one attached hydrogen (secondary N) is 1. The molecule has 3 heterocycles. The molecule has 0 atom stereocenters. The van der Waals surface area contributed by atoms with Gasteiger partial charge in [0.2, 0.25) is 5.89 Å². The van der Waals surface area contributed by atoms with Gasteiger partial charge in [0.1, 0.15) is 11.2 Å². The van der Waals surface area contributed by atoms with Crippen molar-refractivity contribution < 1.29 is 18.9 Å². The molecule has 5 rings (SSSR count). The van der Waals surface area contributed by atoms with Crippen molar-refractivity contribution in [1.29, 1.82) is 0 Å². The van der Waals surface area contributed by atoms with Gasteiger partial charge in [-0.3, -0.25) is 19.9 Å². The summed E-state index contributed by atoms with van der Waals surface area (Å²) < 4.78 is 11.9. The second kappa shape index (κ2) is 9.20. The van der Waals surface area contributed by atoms with Gasteiger partial charge in [-0.25, -0.2) is 4.98 Å². The number of fused-ring (bicyclic) bond motifs is 1. The lowest BCUT2D eigenvalue weighted by Crippen LogP contribution is -2.36. The smallest absolute Gasteiger partial charge is 0.293 e. The third-order valence-corrected chi connectivity index (χ3v) is 5.82. The third-order valence-electron chi connectivity index (χ3n) is 5.38. The molecule has 0 aliphatic carbocycles. The number of aromatic nitrogens is 2. The molecule has 0 bridgehead atoms. The molecule has 11 heteroatoms. The molecule has 1 saturated heterocycles. The van der Waals surface area contributed by atoms with Crippen LogP contribution in [0.4, 0.5) is 17.1 Å². The van der Waals surface area contributed by atoms with Crippen molar-refractivity contribution in [2.24, 2.45) is 0 Å². The van der Waals surface area contributed by atoms with E-state index in [1.165, 1.54) is 6.07 Å². The SMILES string of the molecule is O=C(Nc1ccc2oc(-c3cncc(Br)c3)nc2c1)c1ccc(N2CCOCC2)c([N+](=O)[O-])c1. The topological polar surface area (TPSA) is 124 Å². The average molecular weight is 524 g/mol. The van der Waals surface area contributed by atoms with Gasteiger partial charge in [-0.2, -0.15) is 0 Å². The fourth-order valence-electron chi connectivity index (χ4n) is 3.74. The second-order valence-corrected chi connectivity index (χ2v) is 8.52. The molecule has 2 aromatic carbocycles. The van der Waals surface area contributed by atoms with Crippen LogP contribution in [0.2, 0.25) is 0 Å². The van der Waals surface area contributed by atoms with E-state index in [0.717, 1.165) is 4.47 Å². The molecule has 0 radical (unpaired) electrons. The van der Waals surface area contributed by atoms with Gasteiger partial charge in [0.15, 0.2) is 5.58 Å². The molecule has 1 aliphatic rings. The Morgan fingerprint density at radius 3 is 2.71 bits per heavy atom. The van der Waals surface area contributed by atoms with E-state index in [-0.39, 0.29) is 11.3 Å². The maximum Gasteiger partial charge on any atom is 0.293 e. The quantitative estimate of drug-likeness (QED) is 0.296. The van der Waals surface area contributed by atoms with Crippen LogP contribution < -0.4 is 10.2 Å². The van der Waals surface area contributed by atoms with Crippen LogP contribution in [0.15, 0.2) is 63.7 Å². The molecule has 10 nitrogen and oxygen atoms in total. The van der Waals surface area contributed by atoms with E-state index in [2.05, 4.69) is 31.2 Å². The van der Waals surface area contributed by atoms with Crippen LogP contribution in [0, 0.1) is 10.1 Å². The number of carbonyl (C=O) groups excluding carboxylic acids is 1. The Balaban J connectivity index is 1.38. The largest absolute Gasteiger partial charge is 0.436 e. The Morgan fingerprint density at radius 1 is 1.12 bits per heavy atom. The van der Waals surface area contributed by atoms with Crippen LogP contribution in [0.3, 0.4) is 0 Å². The zero-order valence-electron chi connectivity index (χ0n) is 17.7. The number of halogens is 1. The van der Waals surface area contributed by atoms with Gasteiger partial charge in [-0.05, 0) is 52.3 Å². The van der Waals surface area contributed by atoms with Gasteiger partial charge in [-0.1, -0.05) is 0 Å². The van der Waals surface area contributed by atoms with Crippen LogP contribution in [-0.4, -0.2) is 47.1 Å². The first-order valence-corrected chi connectivity index (χ1v) is 11.2. The van der Waals surface area contributed by atoms with Crippen LogP contribution >= 0.6 is 15.9 Å². The summed E-state index contributed by atoms with van der Waals surface area (Å²) in [5.74, 6) is -0.0579. The van der Waals surface area contributed by atoms with Crippen molar-refractivity contribution in [3.63, 3.8) is 0 Å². The first-order chi connectivity index (χ1) is 16.5. The van der Waals surface area contributed by atoms with E-state index in [9.17, 15) is 14.9 Å². The second-order valence-electron chi connectivity index (χ2n) is 7.61. The van der Waals surface area contributed by atoms with E-state index < -0.39 is 10.8 Å². The van der Waals surface area contributed by atoms with Gasteiger partial charge in [0.05, 0.1) is 23.7 Å². The number of pyridine rings is 1. The molecule has 1 N–H and O–H groups in total. The van der Waals surface area contributed by atoms with E-state index in [1.54, 1.807) is 42.7 Å². The first-order valence-electron chi connectivity index (χ1n) is 10.4. The lowest BCUT2D eigenvalue weighted by Gasteiger charge is -2.28. The summed E-state index contributed by atoms with van der Waals surface area (Å²) in [6, 6.07) is 11.4. The third kappa shape index (κ3) is 4.47. The standard InChI is InChI=1S/C23H18BrN5O5/c24-16-9-15(12-25-13-16)23-27-18-11-17(2-4-21(18)34-23)26-22(30)14-1-3-19(20(10-14)29(31)32)28-5-7-33-8-6-28/h1-4,9-13H,5-8H2,(H,26,30). The number of rotatable bonds is 5. The number of amides is 1. The highest BCUT2D eigenvalue weighted by atomic mass is 79.9. The minimum Gasteiger partial charge on any atom is -0.436 e. The van der Waals surface area contributed by atoms with Crippen LogP contribution in [0.1, 0.15) is 10.4 Å². The highest BCUT2D eigenvalue weighted by Crippen LogP contribution is 2.31. The lowest BCUT2D eigenvalue weighted by atomic mass is 10.1. The number of nitrogens with zero attached hydrogens (tertiary/aromatic N) is 4. The number of hydrogen-bond donors (Lipinski definition) is 1. The summed E-state index contributed by atoms with van der Waals surface area (Å²) in [5, 5.41) is 14.5. The minimum atomic E-state index is -0.471. The Morgan fingerprint density at radius 2 is 1.94 bits per heavy atom. The van der Waals surface area contributed by atoms with Crippen molar-refractivity contribution in [2.75, 3.05) is 36.5 Å². The first kappa shape index (κ1) is 22.0. The number of oxazole rings is 1. The molecule has 0 saturated carbocycles. The Bertz CT molecular complexity index is 1400. The van der Waals surface area contributed by atoms with Crippen molar-refractivity contribution >= 4 is 50.0 Å². The molecule has 34 heavy (non-hydrogen) atoms. The molecular weight excluding hydrogens is 506 g/mol. The molecule has 0 unspecified atom stereocenters. The molecule has 2 aromatic heterocycles. The van der Waals surface area contributed by atoms with E-state index in [1.807, 2.05) is 11.0 Å². The maximum absolute atomic E-state index is 12.9. The predicted octanol–water partition coefficient (Wildman–Crippen LogP) is 4.65. The summed E-state index contributed by atoms with van der Waals surface area (Å²) >= 11 is 3.38. The number of hydrogen-bond acceptors (Lipinski definition) is 8. The summed E-state index contributed by atoms with van der Waals surface area (Å²) in [4.78, 5) is 34.5. The van der Waals surface area contributed by atoms with Crippen molar-refractivity contribution in [3.8, 4) is 11.5 Å². The molecule has 1 amide bonds. The zero-order valence-corrected chi connectivity index (χ0v) is 19.3. The van der Waals surface area contributed by atoms with E-state index in [4.69, 9.17) is 9.15 Å². The Labute approximate surface area is 201 Å². The summed E-state index contributed by atoms with van der Waals surface area (Å²) in [6.45, 7) is 2.12. The molecule has 0 spiro atoms. The fourth-order valence-corrected chi connectivity index (χ4v) is 4.11. The lowest BCUT2D eigenvalue weighted by molar-refractivity contribution is -0.384. The van der Waals surface area contributed by atoms with Crippen LogP contribution in [0.25, 0.3) is 22.6 Å². The highest BCUT2D eigenvalue weighted by molar-refractivity contribution is 9.10. The Kier molecular flexibility index (Phi) is 5.95. The van der Waals surface area contributed by atoms with Gasteiger partial charge in [0, 0.05) is 47.3 Å². The number of nitro groups is 1. The normalized spacial score (nSPS) is 13.7. The number of nitro benzene ring substituents is 1. The predicted molar refractivity (Wildman–Crippen MR) is 129 cm³/mol. The van der Waals surface area contributed by atoms with E-state index >= 15 is 0 Å². The number of carbonyl (C=O) groups is 1. The maximum atomic E-state index is 12.9. The molecule has 4 aromatic rings. The average Bonchev–Trinajstić information content (AvgIpc) is 3.28. The fraction of sp³-hybridized carbons (Fsp3) is 0.174. The molecular formula is C23H18BrN5O5. The summed E-state index contributed by atoms with van der Waals surface area (Å²) in [5.41, 5.74) is 2.86. The summed E-state index contributed by atoms with van der Waals surface area (Å²) in [7, 11) is 0. The van der Waals surface area contributed by atoms with Gasteiger partial charge in [-0.15, -0.1) is 0 Å². The number of ether oxygens (including phenoxy) is 1. The highest BCUT2D eigenvalue weighted by Gasteiger charge is 2.23. The molecule has 1 aliphatic heterocycles. The van der Waals surface area contributed by atoms with Gasteiger partial charge in [0.25, 0.3) is 11.6 Å². The van der Waals surface area contributed by atoms with Crippen molar-refractivity contribution in [1.82, 2.24) is 9.97 Å². The Hall–Kier alpha value is -3.83. The number of benzene rings is 2. The summed E-state index contributed by atoms with van der Waals surface area (Å²) in [6.07, 6.45) is 3.31. The van der Waals surface area contributed by atoms with Gasteiger partial charge >= 0.3 is 0 Å².